The summed E-state index contributed by atoms with van der Waals surface area (Å²) in [5.74, 6) is 0. The molecule has 0 aromatic heterocycles. The molecule has 3 heteroatoms. The molecule has 0 bridgehead atoms. The van der Waals surface area contributed by atoms with E-state index in [0.29, 0.717) is 6.54 Å². The summed E-state index contributed by atoms with van der Waals surface area (Å²) in [7, 11) is 0. The molecule has 1 aromatic carbocycles. The topological polar surface area (TPSA) is 23.5 Å². The first kappa shape index (κ1) is 11.7. The van der Waals surface area contributed by atoms with E-state index in [0.717, 1.165) is 17.0 Å². The SMILES string of the molecule is Cc1cc(Cl)ccc1N1CC(O)CC1(C)C. The van der Waals surface area contributed by atoms with Crippen molar-refractivity contribution in [1.29, 1.82) is 0 Å². The van der Waals surface area contributed by atoms with E-state index in [1.54, 1.807) is 0 Å². The van der Waals surface area contributed by atoms with Crippen LogP contribution in [-0.2, 0) is 0 Å². The number of aryl methyl sites for hydroxylation is 1. The predicted octanol–water partition coefficient (Wildman–Crippen LogP) is 3.00. The van der Waals surface area contributed by atoms with Gasteiger partial charge in [0.1, 0.15) is 0 Å². The van der Waals surface area contributed by atoms with Gasteiger partial charge in [-0.05, 0) is 51.0 Å². The average molecular weight is 240 g/mol. The van der Waals surface area contributed by atoms with Gasteiger partial charge >= 0.3 is 0 Å². The highest BCUT2D eigenvalue weighted by Crippen LogP contribution is 2.36. The van der Waals surface area contributed by atoms with E-state index in [-0.39, 0.29) is 11.6 Å². The zero-order valence-corrected chi connectivity index (χ0v) is 10.8. The van der Waals surface area contributed by atoms with Crippen LogP contribution in [0.25, 0.3) is 0 Å². The van der Waals surface area contributed by atoms with Gasteiger partial charge in [-0.15, -0.1) is 0 Å². The Balaban J connectivity index is 2.37. The van der Waals surface area contributed by atoms with Gasteiger partial charge in [0.2, 0.25) is 0 Å². The summed E-state index contributed by atoms with van der Waals surface area (Å²) in [4.78, 5) is 2.27. The maximum absolute atomic E-state index is 9.77. The van der Waals surface area contributed by atoms with Crippen LogP contribution in [0.3, 0.4) is 0 Å². The largest absolute Gasteiger partial charge is 0.391 e. The van der Waals surface area contributed by atoms with Crippen molar-refractivity contribution in [3.63, 3.8) is 0 Å². The molecule has 1 heterocycles. The van der Waals surface area contributed by atoms with Gasteiger partial charge in [0.25, 0.3) is 0 Å². The van der Waals surface area contributed by atoms with Gasteiger partial charge < -0.3 is 10.0 Å². The van der Waals surface area contributed by atoms with E-state index in [4.69, 9.17) is 11.6 Å². The van der Waals surface area contributed by atoms with Gasteiger partial charge in [0.15, 0.2) is 0 Å². The third-order valence-corrected chi connectivity index (χ3v) is 3.54. The van der Waals surface area contributed by atoms with Crippen LogP contribution in [0.1, 0.15) is 25.8 Å². The van der Waals surface area contributed by atoms with Crippen LogP contribution in [0.2, 0.25) is 5.02 Å². The van der Waals surface area contributed by atoms with Gasteiger partial charge in [-0.1, -0.05) is 11.6 Å². The first-order valence-electron chi connectivity index (χ1n) is 5.62. The standard InChI is InChI=1S/C13H18ClNO/c1-9-6-10(14)4-5-12(9)15-8-11(16)7-13(15,2)3/h4-6,11,16H,7-8H2,1-3H3. The molecule has 1 N–H and O–H groups in total. The van der Waals surface area contributed by atoms with Gasteiger partial charge in [0, 0.05) is 22.8 Å². The quantitative estimate of drug-likeness (QED) is 0.815. The van der Waals surface area contributed by atoms with E-state index in [1.165, 1.54) is 5.69 Å². The average Bonchev–Trinajstić information content (AvgIpc) is 2.39. The van der Waals surface area contributed by atoms with Crippen LogP contribution in [-0.4, -0.2) is 23.3 Å². The summed E-state index contributed by atoms with van der Waals surface area (Å²) in [6.07, 6.45) is 0.583. The van der Waals surface area contributed by atoms with Gasteiger partial charge in [-0.3, -0.25) is 0 Å². The fourth-order valence-electron chi connectivity index (χ4n) is 2.56. The monoisotopic (exact) mass is 239 g/mol. The molecule has 0 aliphatic carbocycles. The second kappa shape index (κ2) is 3.94. The summed E-state index contributed by atoms with van der Waals surface area (Å²) in [5.41, 5.74) is 2.35. The number of benzene rings is 1. The van der Waals surface area contributed by atoms with Gasteiger partial charge in [0.05, 0.1) is 6.10 Å². The molecule has 0 spiro atoms. The molecule has 1 aliphatic rings. The summed E-state index contributed by atoms with van der Waals surface area (Å²) >= 11 is 5.96. The molecule has 1 atom stereocenters. The first-order chi connectivity index (χ1) is 7.40. The Hall–Kier alpha value is -0.730. The van der Waals surface area contributed by atoms with Gasteiger partial charge in [-0.2, -0.15) is 0 Å². The molecular weight excluding hydrogens is 222 g/mol. The van der Waals surface area contributed by atoms with Crippen molar-refractivity contribution < 1.29 is 5.11 Å². The third kappa shape index (κ3) is 2.04. The Labute approximate surface area is 102 Å². The molecule has 1 unspecified atom stereocenters. The van der Waals surface area contributed by atoms with E-state index < -0.39 is 0 Å². The Morgan fingerprint density at radius 2 is 2.12 bits per heavy atom. The molecule has 1 saturated heterocycles. The van der Waals surface area contributed by atoms with Crippen LogP contribution in [0.15, 0.2) is 18.2 Å². The number of nitrogens with zero attached hydrogens (tertiary/aromatic N) is 1. The van der Waals surface area contributed by atoms with E-state index in [2.05, 4.69) is 25.7 Å². The zero-order valence-electron chi connectivity index (χ0n) is 10.00. The lowest BCUT2D eigenvalue weighted by atomic mass is 10.00. The van der Waals surface area contributed by atoms with Gasteiger partial charge in [-0.25, -0.2) is 0 Å². The molecule has 88 valence electrons. The molecule has 1 aromatic rings. The molecule has 1 aliphatic heterocycles. The Morgan fingerprint density at radius 3 is 2.62 bits per heavy atom. The second-order valence-corrected chi connectivity index (χ2v) is 5.65. The summed E-state index contributed by atoms with van der Waals surface area (Å²) in [6.45, 7) is 7.09. The highest BCUT2D eigenvalue weighted by molar-refractivity contribution is 6.30. The van der Waals surface area contributed by atoms with E-state index in [1.807, 2.05) is 18.2 Å². The number of aliphatic hydroxyl groups is 1. The second-order valence-electron chi connectivity index (χ2n) is 5.21. The smallest absolute Gasteiger partial charge is 0.0737 e. The number of hydrogen-bond donors (Lipinski definition) is 1. The summed E-state index contributed by atoms with van der Waals surface area (Å²) in [6, 6.07) is 5.92. The van der Waals surface area contributed by atoms with Crippen molar-refractivity contribution in [2.45, 2.75) is 38.8 Å². The molecule has 0 amide bonds. The van der Waals surface area contributed by atoms with Crippen molar-refractivity contribution in [2.24, 2.45) is 0 Å². The normalized spacial score (nSPS) is 23.8. The lowest BCUT2D eigenvalue weighted by Crippen LogP contribution is -2.38. The number of aliphatic hydroxyl groups excluding tert-OH is 1. The molecule has 2 nitrogen and oxygen atoms in total. The van der Waals surface area contributed by atoms with Crippen molar-refractivity contribution in [3.8, 4) is 0 Å². The third-order valence-electron chi connectivity index (χ3n) is 3.31. The first-order valence-corrected chi connectivity index (χ1v) is 6.00. The van der Waals surface area contributed by atoms with Crippen molar-refractivity contribution in [2.75, 3.05) is 11.4 Å². The Bertz CT molecular complexity index is 403. The fraction of sp³-hybridized carbons (Fsp3) is 0.538. The molecule has 0 radical (unpaired) electrons. The number of rotatable bonds is 1. The highest BCUT2D eigenvalue weighted by Gasteiger charge is 2.37. The van der Waals surface area contributed by atoms with Crippen LogP contribution in [0.5, 0.6) is 0 Å². The minimum absolute atomic E-state index is 0.0119. The number of β-amino-alcohol motifs (C(OH)–C–C–N with tert-alkyl or cyclic N) is 1. The number of anilines is 1. The maximum atomic E-state index is 9.77. The summed E-state index contributed by atoms with van der Waals surface area (Å²) in [5, 5.41) is 10.5. The zero-order chi connectivity index (χ0) is 11.9. The number of halogens is 1. The molecule has 0 saturated carbocycles. The van der Waals surface area contributed by atoms with Crippen LogP contribution in [0.4, 0.5) is 5.69 Å². The summed E-state index contributed by atoms with van der Waals surface area (Å²) < 4.78 is 0. The highest BCUT2D eigenvalue weighted by atomic mass is 35.5. The van der Waals surface area contributed by atoms with E-state index in [9.17, 15) is 5.11 Å². The lowest BCUT2D eigenvalue weighted by Gasteiger charge is -2.34. The van der Waals surface area contributed by atoms with Crippen molar-refractivity contribution in [1.82, 2.24) is 0 Å². The molecule has 16 heavy (non-hydrogen) atoms. The van der Waals surface area contributed by atoms with Crippen molar-refractivity contribution in [3.05, 3.63) is 28.8 Å². The Morgan fingerprint density at radius 1 is 1.44 bits per heavy atom. The van der Waals surface area contributed by atoms with Crippen LogP contribution < -0.4 is 4.90 Å². The maximum Gasteiger partial charge on any atom is 0.0737 e. The lowest BCUT2D eigenvalue weighted by molar-refractivity contribution is 0.188. The minimum atomic E-state index is -0.231. The molecular formula is C13H18ClNO. The van der Waals surface area contributed by atoms with E-state index >= 15 is 0 Å². The Kier molecular flexibility index (Phi) is 2.89. The van der Waals surface area contributed by atoms with Crippen LogP contribution >= 0.6 is 11.6 Å². The minimum Gasteiger partial charge on any atom is -0.391 e. The van der Waals surface area contributed by atoms with Crippen LogP contribution in [0, 0.1) is 6.92 Å². The molecule has 2 rings (SSSR count). The predicted molar refractivity (Wildman–Crippen MR) is 68.2 cm³/mol. The fourth-order valence-corrected chi connectivity index (χ4v) is 2.78. The number of hydrogen-bond acceptors (Lipinski definition) is 2. The van der Waals surface area contributed by atoms with Crippen molar-refractivity contribution >= 4 is 17.3 Å². The molecule has 1 fully saturated rings.